The van der Waals surface area contributed by atoms with Crippen molar-refractivity contribution in [3.05, 3.63) is 41.2 Å². The predicted molar refractivity (Wildman–Crippen MR) is 298 cm³/mol. The molecule has 0 bridgehead atoms. The van der Waals surface area contributed by atoms with Gasteiger partial charge in [0.15, 0.2) is 5.78 Å². The summed E-state index contributed by atoms with van der Waals surface area (Å²) in [6, 6.07) is 3.85. The normalized spacial score (nSPS) is 19.5. The topological polar surface area (TPSA) is 232 Å². The number of ether oxygens (including phenoxy) is 3. The minimum absolute atomic E-state index is 0.00952. The van der Waals surface area contributed by atoms with Gasteiger partial charge in [-0.1, -0.05) is 86.1 Å². The molecule has 9 atom stereocenters. The van der Waals surface area contributed by atoms with Crippen LogP contribution >= 0.6 is 0 Å². The van der Waals surface area contributed by atoms with Gasteiger partial charge in [-0.05, 0) is 107 Å². The summed E-state index contributed by atoms with van der Waals surface area (Å²) < 4.78 is 48.1. The van der Waals surface area contributed by atoms with Crippen LogP contribution in [0.2, 0.25) is 0 Å². The molecule has 3 aliphatic rings. The molecular weight excluding hydrogens is 1020 g/mol. The number of hydrogen-bond donors (Lipinski definition) is 2. The molecule has 1 saturated carbocycles. The number of benzene rings is 1. The van der Waals surface area contributed by atoms with E-state index in [0.717, 1.165) is 43.6 Å². The highest BCUT2D eigenvalue weighted by molar-refractivity contribution is 7.90. The molecule has 5 rings (SSSR count). The number of nitrogens with zero attached hydrogens (tertiary/aromatic N) is 7. The van der Waals surface area contributed by atoms with E-state index in [1.165, 1.54) is 14.2 Å². The third-order valence-electron chi connectivity index (χ3n) is 16.6. The van der Waals surface area contributed by atoms with Crippen molar-refractivity contribution in [1.29, 1.82) is 0 Å². The van der Waals surface area contributed by atoms with Gasteiger partial charge in [0.1, 0.15) is 11.8 Å². The first kappa shape index (κ1) is 63.8. The van der Waals surface area contributed by atoms with Gasteiger partial charge < -0.3 is 34.2 Å². The zero-order valence-corrected chi connectivity index (χ0v) is 50.0. The number of amides is 5. The number of nitrogens with one attached hydrogen (secondary N) is 2. The minimum Gasteiger partial charge on any atom is -0.410 e. The zero-order valence-electron chi connectivity index (χ0n) is 49.2. The fourth-order valence-electron chi connectivity index (χ4n) is 11.8. The lowest BCUT2D eigenvalue weighted by atomic mass is 9.83. The number of aromatic nitrogens is 3. The van der Waals surface area contributed by atoms with E-state index >= 15 is 0 Å². The van der Waals surface area contributed by atoms with Crippen molar-refractivity contribution in [2.24, 2.45) is 35.5 Å². The molecule has 5 amide bonds. The van der Waals surface area contributed by atoms with Crippen molar-refractivity contribution in [2.75, 3.05) is 55.0 Å². The molecule has 2 saturated heterocycles. The number of piperidine rings is 1. The molecule has 78 heavy (non-hydrogen) atoms. The van der Waals surface area contributed by atoms with E-state index < -0.39 is 75.4 Å². The molecule has 20 nitrogen and oxygen atoms in total. The Balaban J connectivity index is 1.25. The fourth-order valence-corrected chi connectivity index (χ4v) is 13.1. The Labute approximate surface area is 464 Å². The highest BCUT2D eigenvalue weighted by Crippen LogP contribution is 2.32. The Morgan fingerprint density at radius 1 is 0.808 bits per heavy atom. The smallest absolute Gasteiger partial charge is 0.410 e. The maximum Gasteiger partial charge on any atom is 0.415 e. The van der Waals surface area contributed by atoms with Gasteiger partial charge in [0.05, 0.1) is 59.3 Å². The Kier molecular flexibility index (Phi) is 23.7. The monoisotopic (exact) mass is 1110 g/mol. The molecule has 1 aromatic heterocycles. The lowest BCUT2D eigenvalue weighted by Crippen LogP contribution is -2.55. The number of ketones is 1. The molecule has 0 unspecified atom stereocenters. The van der Waals surface area contributed by atoms with Crippen LogP contribution in [0.1, 0.15) is 137 Å². The number of carbonyl (C=O) groups excluding carboxylic acids is 6. The van der Waals surface area contributed by atoms with Crippen molar-refractivity contribution in [3.63, 3.8) is 0 Å². The third kappa shape index (κ3) is 16.3. The van der Waals surface area contributed by atoms with Crippen molar-refractivity contribution in [1.82, 2.24) is 44.6 Å². The lowest BCUT2D eigenvalue weighted by molar-refractivity contribution is -0.149. The van der Waals surface area contributed by atoms with Crippen LogP contribution in [0.25, 0.3) is 0 Å². The standard InChI is InChI=1S/C57H93N9O11S/c1-15-37(8)52(63(12)56(71)43(35(4)5)32-48(67)51(36(6)7)62(10)11)49(75-13)33-50(68)65-28-18-19-47(65)53(76-14)38(9)54(69)58-45(55(70)60-78(73,74)42-24-25-42)31-39-20-22-41(23-21-39)77-57(72)64-29-26-40(27-30-64)34-66-46(17-3)44(16-2)59-61-66/h20-23,35-38,40,42-43,45,47,49,51-53H,15-19,24-34H2,1-14H3,(H,58,69)(H,60,70)/t37-,38+,43-,45-,47-,49+,51-,52-,53+/m0/s1. The average molecular weight is 1110 g/mol. The molecule has 3 fully saturated rings. The number of likely N-dealkylation sites (N-methyl/N-ethyl adjacent to an activating group) is 2. The van der Waals surface area contributed by atoms with Crippen LogP contribution in [0, 0.1) is 35.5 Å². The molecular formula is C57H93N9O11S. The molecule has 21 heteroatoms. The number of likely N-dealkylation sites (tertiary alicyclic amines) is 2. The van der Waals surface area contributed by atoms with E-state index in [0.29, 0.717) is 63.2 Å². The highest BCUT2D eigenvalue weighted by atomic mass is 32.2. The SMILES string of the molecule is CCc1nnn(CC2CCN(C(=O)Oc3ccc(C[C@H](NC(=O)[C@H](C)[C@@H](OC)[C@@H]4CCCN4C(=O)C[C@@H](OC)[C@H]([C@@H](C)CC)N(C)C(=O)[C@@H](CC(=O)[C@H](C(C)C)N(C)C)C(C)C)C(=O)NS(=O)(=O)C4CC4)cc3)CC2)c1CC. The van der Waals surface area contributed by atoms with Gasteiger partial charge in [-0.25, -0.2) is 17.9 Å². The van der Waals surface area contributed by atoms with Crippen LogP contribution in [-0.2, 0) is 69.3 Å². The molecule has 1 aromatic carbocycles. The Morgan fingerprint density at radius 2 is 1.46 bits per heavy atom. The van der Waals surface area contributed by atoms with E-state index in [4.69, 9.17) is 14.2 Å². The van der Waals surface area contributed by atoms with Gasteiger partial charge in [-0.2, -0.15) is 0 Å². The van der Waals surface area contributed by atoms with Gasteiger partial charge in [-0.3, -0.25) is 33.6 Å². The van der Waals surface area contributed by atoms with E-state index in [-0.39, 0.29) is 66.4 Å². The quantitative estimate of drug-likeness (QED) is 0.0998. The van der Waals surface area contributed by atoms with Crippen LogP contribution in [-0.4, -0.2) is 175 Å². The summed E-state index contributed by atoms with van der Waals surface area (Å²) in [5.41, 5.74) is 2.74. The maximum absolute atomic E-state index is 14.6. The third-order valence-corrected chi connectivity index (χ3v) is 18.5. The molecule has 3 heterocycles. The number of aryl methyl sites for hydroxylation is 1. The highest BCUT2D eigenvalue weighted by Gasteiger charge is 2.44. The van der Waals surface area contributed by atoms with Gasteiger partial charge in [0.2, 0.25) is 27.7 Å². The van der Waals surface area contributed by atoms with Crippen molar-refractivity contribution in [3.8, 4) is 5.75 Å². The van der Waals surface area contributed by atoms with E-state index in [1.807, 2.05) is 65.2 Å². The summed E-state index contributed by atoms with van der Waals surface area (Å²) >= 11 is 0. The van der Waals surface area contributed by atoms with Crippen LogP contribution in [0.5, 0.6) is 5.75 Å². The van der Waals surface area contributed by atoms with Crippen LogP contribution in [0.15, 0.2) is 24.3 Å². The second-order valence-corrected chi connectivity index (χ2v) is 25.0. The summed E-state index contributed by atoms with van der Waals surface area (Å²) in [6.07, 6.45) is 3.97. The summed E-state index contributed by atoms with van der Waals surface area (Å²) in [7, 11) is 4.51. The molecule has 1 aliphatic carbocycles. The molecule has 438 valence electrons. The first-order valence-corrected chi connectivity index (χ1v) is 30.1. The second-order valence-electron chi connectivity index (χ2n) is 23.1. The Bertz CT molecular complexity index is 2430. The number of Topliss-reactive ketones (excluding diaryl/α,β-unsaturated/α-hetero) is 1. The number of carbonyl (C=O) groups is 6. The molecule has 2 aromatic rings. The van der Waals surface area contributed by atoms with E-state index in [1.54, 1.807) is 52.9 Å². The minimum atomic E-state index is -3.98. The number of hydrogen-bond acceptors (Lipinski definition) is 14. The van der Waals surface area contributed by atoms with E-state index in [2.05, 4.69) is 34.2 Å². The number of rotatable bonds is 29. The molecule has 0 radical (unpaired) electrons. The van der Waals surface area contributed by atoms with E-state index in [9.17, 15) is 37.2 Å². The van der Waals surface area contributed by atoms with Crippen LogP contribution < -0.4 is 14.8 Å². The molecule has 2 aliphatic heterocycles. The molecule has 2 N–H and O–H groups in total. The predicted octanol–water partition coefficient (Wildman–Crippen LogP) is 5.69. The maximum atomic E-state index is 14.6. The first-order chi connectivity index (χ1) is 36.9. The molecule has 0 spiro atoms. The second kappa shape index (κ2) is 28.9. The summed E-state index contributed by atoms with van der Waals surface area (Å²) in [5, 5.41) is 10.8. The van der Waals surface area contributed by atoms with Crippen molar-refractivity contribution < 1.29 is 51.4 Å². The van der Waals surface area contributed by atoms with Gasteiger partial charge in [0, 0.05) is 66.2 Å². The van der Waals surface area contributed by atoms with Gasteiger partial charge >= 0.3 is 6.09 Å². The zero-order chi connectivity index (χ0) is 57.8. The Hall–Kier alpha value is -4.99. The lowest BCUT2D eigenvalue weighted by Gasteiger charge is -2.41. The van der Waals surface area contributed by atoms with Crippen molar-refractivity contribution >= 4 is 45.5 Å². The number of sulfonamides is 1. The van der Waals surface area contributed by atoms with Crippen molar-refractivity contribution in [2.45, 2.75) is 188 Å². The summed E-state index contributed by atoms with van der Waals surface area (Å²) in [5.74, 6) is -2.84. The Morgan fingerprint density at radius 3 is 2.00 bits per heavy atom. The van der Waals surface area contributed by atoms with Gasteiger partial charge in [-0.15, -0.1) is 5.10 Å². The van der Waals surface area contributed by atoms with Gasteiger partial charge in [0.25, 0.3) is 5.91 Å². The largest absolute Gasteiger partial charge is 0.415 e. The van der Waals surface area contributed by atoms with Crippen LogP contribution in [0.4, 0.5) is 4.79 Å². The average Bonchev–Trinajstić information content (AvgIpc) is 4.05. The fraction of sp³-hybridized carbons (Fsp3) is 0.754. The summed E-state index contributed by atoms with van der Waals surface area (Å²) in [6.45, 7) is 20.0. The summed E-state index contributed by atoms with van der Waals surface area (Å²) in [4.78, 5) is 91.2. The van der Waals surface area contributed by atoms with Crippen LogP contribution in [0.3, 0.4) is 0 Å². The first-order valence-electron chi connectivity index (χ1n) is 28.5. The number of methoxy groups -OCH3 is 2.